The first-order chi connectivity index (χ1) is 14.3. The Morgan fingerprint density at radius 1 is 1.07 bits per heavy atom. The van der Waals surface area contributed by atoms with Crippen LogP contribution in [0.4, 0.5) is 5.82 Å². The second kappa shape index (κ2) is 8.44. The lowest BCUT2D eigenvalue weighted by Gasteiger charge is -2.18. The third-order valence-corrected chi connectivity index (χ3v) is 4.68. The number of anilines is 1. The van der Waals surface area contributed by atoms with Gasteiger partial charge in [-0.05, 0) is 30.3 Å². The number of rotatable bonds is 7. The number of nitrogens with zero attached hydrogens (tertiary/aromatic N) is 1. The van der Waals surface area contributed by atoms with Crippen molar-refractivity contribution in [2.75, 3.05) is 11.9 Å². The van der Waals surface area contributed by atoms with E-state index in [2.05, 4.69) is 21.9 Å². The van der Waals surface area contributed by atoms with Crippen LogP contribution in [0.15, 0.2) is 91.8 Å². The molecule has 144 valence electrons. The van der Waals surface area contributed by atoms with Crippen LogP contribution >= 0.6 is 0 Å². The summed E-state index contributed by atoms with van der Waals surface area (Å²) in [5, 5.41) is 15.4. The lowest BCUT2D eigenvalue weighted by molar-refractivity contribution is -0.361. The van der Waals surface area contributed by atoms with Gasteiger partial charge in [0.2, 0.25) is 0 Å². The number of phenols is 1. The van der Waals surface area contributed by atoms with Crippen molar-refractivity contribution in [3.8, 4) is 11.5 Å². The molecular formula is C24H22N3O2+. The van der Waals surface area contributed by atoms with Crippen LogP contribution in [0.3, 0.4) is 0 Å². The molecule has 3 N–H and O–H groups in total. The molecule has 0 aliphatic rings. The van der Waals surface area contributed by atoms with Crippen LogP contribution < -0.4 is 15.0 Å². The first-order valence-electron chi connectivity index (χ1n) is 9.40. The van der Waals surface area contributed by atoms with Crippen molar-refractivity contribution in [2.24, 2.45) is 0 Å². The van der Waals surface area contributed by atoms with Crippen molar-refractivity contribution in [3.05, 3.63) is 103 Å². The lowest BCUT2D eigenvalue weighted by atomic mass is 9.96. The Kier molecular flexibility index (Phi) is 5.38. The van der Waals surface area contributed by atoms with E-state index in [-0.39, 0.29) is 11.8 Å². The first kappa shape index (κ1) is 18.5. The SMILES string of the molecule is C=CCOc1ccc([C@@H](Nc2cccc[nH+]2)c2ccc3cccnc3c2O)cc1. The van der Waals surface area contributed by atoms with Crippen LogP contribution in [-0.4, -0.2) is 16.7 Å². The Morgan fingerprint density at radius 3 is 2.69 bits per heavy atom. The Balaban J connectivity index is 1.76. The Bertz CT molecular complexity index is 1110. The maximum Gasteiger partial charge on any atom is 0.272 e. The molecule has 4 aromatic rings. The highest BCUT2D eigenvalue weighted by molar-refractivity contribution is 5.85. The van der Waals surface area contributed by atoms with E-state index in [1.54, 1.807) is 12.3 Å². The minimum absolute atomic E-state index is 0.170. The van der Waals surface area contributed by atoms with Crippen molar-refractivity contribution in [1.29, 1.82) is 0 Å². The Morgan fingerprint density at radius 2 is 1.93 bits per heavy atom. The highest BCUT2D eigenvalue weighted by Gasteiger charge is 2.24. The molecule has 0 aliphatic carbocycles. The normalized spacial score (nSPS) is 11.7. The number of hydrogen-bond donors (Lipinski definition) is 2. The average Bonchev–Trinajstić information content (AvgIpc) is 2.78. The molecule has 2 aromatic heterocycles. The summed E-state index contributed by atoms with van der Waals surface area (Å²) < 4.78 is 5.59. The molecule has 4 rings (SSSR count). The number of ether oxygens (including phenoxy) is 1. The fourth-order valence-electron chi connectivity index (χ4n) is 3.27. The second-order valence-corrected chi connectivity index (χ2v) is 6.60. The molecule has 0 radical (unpaired) electrons. The first-order valence-corrected chi connectivity index (χ1v) is 9.40. The van der Waals surface area contributed by atoms with Crippen LogP contribution in [0.1, 0.15) is 17.2 Å². The zero-order chi connectivity index (χ0) is 20.1. The Hall–Kier alpha value is -3.86. The van der Waals surface area contributed by atoms with Crippen LogP contribution in [0.25, 0.3) is 10.9 Å². The largest absolute Gasteiger partial charge is 0.505 e. The van der Waals surface area contributed by atoms with Gasteiger partial charge in [-0.25, -0.2) is 4.98 Å². The number of fused-ring (bicyclic) bond motifs is 1. The summed E-state index contributed by atoms with van der Waals surface area (Å²) in [7, 11) is 0. The number of H-pyrrole nitrogens is 1. The van der Waals surface area contributed by atoms with Crippen LogP contribution in [-0.2, 0) is 0 Å². The van der Waals surface area contributed by atoms with Gasteiger partial charge in [-0.1, -0.05) is 43.0 Å². The summed E-state index contributed by atoms with van der Waals surface area (Å²) in [6.45, 7) is 4.13. The summed E-state index contributed by atoms with van der Waals surface area (Å²) in [4.78, 5) is 7.55. The summed E-state index contributed by atoms with van der Waals surface area (Å²) in [5.41, 5.74) is 2.31. The summed E-state index contributed by atoms with van der Waals surface area (Å²) in [6.07, 6.45) is 5.25. The molecule has 0 saturated heterocycles. The number of hydrogen-bond acceptors (Lipinski definition) is 4. The van der Waals surface area contributed by atoms with E-state index in [1.165, 1.54) is 0 Å². The van der Waals surface area contributed by atoms with Gasteiger partial charge in [0.05, 0.1) is 6.20 Å². The third-order valence-electron chi connectivity index (χ3n) is 4.68. The molecule has 1 atom stereocenters. The molecule has 0 saturated carbocycles. The lowest BCUT2D eigenvalue weighted by Crippen LogP contribution is -2.18. The fourth-order valence-corrected chi connectivity index (χ4v) is 3.27. The molecule has 0 aliphatic heterocycles. The molecule has 2 heterocycles. The van der Waals surface area contributed by atoms with Gasteiger partial charge in [0, 0.05) is 28.8 Å². The van der Waals surface area contributed by atoms with E-state index in [0.29, 0.717) is 12.1 Å². The number of aromatic nitrogens is 2. The zero-order valence-corrected chi connectivity index (χ0v) is 15.9. The molecule has 5 heteroatoms. The van der Waals surface area contributed by atoms with Crippen molar-refractivity contribution < 1.29 is 14.8 Å². The van der Waals surface area contributed by atoms with Gasteiger partial charge >= 0.3 is 0 Å². The number of nitrogens with one attached hydrogen (secondary N) is 2. The standard InChI is InChI=1S/C24H21N3O2/c1-2-16-29-19-11-8-18(9-12-19)22(27-21-7-3-4-14-25-21)20-13-10-17-6-5-15-26-23(17)24(20)28/h2-15,22,28H,1,16H2,(H,25,27)/p+1/t22-/m1/s1. The fraction of sp³-hybridized carbons (Fsp3) is 0.0833. The van der Waals surface area contributed by atoms with Crippen molar-refractivity contribution in [3.63, 3.8) is 0 Å². The van der Waals surface area contributed by atoms with E-state index in [0.717, 1.165) is 28.1 Å². The topological polar surface area (TPSA) is 68.5 Å². The molecule has 0 unspecified atom stereocenters. The van der Waals surface area contributed by atoms with Gasteiger partial charge < -0.3 is 9.84 Å². The molecule has 0 bridgehead atoms. The molecule has 0 amide bonds. The number of pyridine rings is 2. The van der Waals surface area contributed by atoms with Gasteiger partial charge in [-0.3, -0.25) is 10.3 Å². The van der Waals surface area contributed by atoms with E-state index >= 15 is 0 Å². The minimum Gasteiger partial charge on any atom is -0.505 e. The van der Waals surface area contributed by atoms with Crippen LogP contribution in [0.2, 0.25) is 0 Å². The predicted octanol–water partition coefficient (Wildman–Crippen LogP) is 4.52. The number of aromatic hydroxyl groups is 1. The quantitative estimate of drug-likeness (QED) is 0.460. The van der Waals surface area contributed by atoms with Crippen LogP contribution in [0.5, 0.6) is 11.5 Å². The second-order valence-electron chi connectivity index (χ2n) is 6.60. The van der Waals surface area contributed by atoms with Crippen molar-refractivity contribution in [2.45, 2.75) is 6.04 Å². The van der Waals surface area contributed by atoms with E-state index in [9.17, 15) is 5.11 Å². The summed E-state index contributed by atoms with van der Waals surface area (Å²) in [5.74, 6) is 1.77. The molecular weight excluding hydrogens is 362 g/mol. The van der Waals surface area contributed by atoms with Gasteiger partial charge in [0.15, 0.2) is 0 Å². The van der Waals surface area contributed by atoms with Gasteiger partial charge in [0.1, 0.15) is 29.7 Å². The molecule has 0 fully saturated rings. The average molecular weight is 384 g/mol. The number of benzene rings is 2. The Labute approximate surface area is 169 Å². The molecule has 29 heavy (non-hydrogen) atoms. The maximum absolute atomic E-state index is 11.0. The van der Waals surface area contributed by atoms with Crippen LogP contribution in [0, 0.1) is 0 Å². The highest BCUT2D eigenvalue weighted by atomic mass is 16.5. The van der Waals surface area contributed by atoms with E-state index in [1.807, 2.05) is 72.9 Å². The van der Waals surface area contributed by atoms with E-state index < -0.39 is 0 Å². The molecule has 0 spiro atoms. The van der Waals surface area contributed by atoms with Crippen molar-refractivity contribution >= 4 is 16.7 Å². The van der Waals surface area contributed by atoms with Gasteiger partial charge in [-0.15, -0.1) is 0 Å². The summed E-state index contributed by atoms with van der Waals surface area (Å²) in [6, 6.07) is 21.0. The molecule has 2 aromatic carbocycles. The molecule has 5 nitrogen and oxygen atoms in total. The number of phenolic OH excluding ortho intramolecular Hbond substituents is 1. The summed E-state index contributed by atoms with van der Waals surface area (Å²) >= 11 is 0. The number of aromatic amines is 1. The predicted molar refractivity (Wildman–Crippen MR) is 114 cm³/mol. The van der Waals surface area contributed by atoms with Gasteiger partial charge in [0.25, 0.3) is 5.82 Å². The maximum atomic E-state index is 11.0. The van der Waals surface area contributed by atoms with E-state index in [4.69, 9.17) is 4.74 Å². The smallest absolute Gasteiger partial charge is 0.272 e. The minimum atomic E-state index is -0.284. The van der Waals surface area contributed by atoms with Gasteiger partial charge in [-0.2, -0.15) is 0 Å². The van der Waals surface area contributed by atoms with Crippen molar-refractivity contribution in [1.82, 2.24) is 4.98 Å². The zero-order valence-electron chi connectivity index (χ0n) is 15.9. The monoisotopic (exact) mass is 384 g/mol. The highest BCUT2D eigenvalue weighted by Crippen LogP contribution is 2.36. The third kappa shape index (κ3) is 4.04.